The first kappa shape index (κ1) is 16.1. The third kappa shape index (κ3) is 5.72. The van der Waals surface area contributed by atoms with Crippen LogP contribution in [0.5, 0.6) is 5.75 Å². The van der Waals surface area contributed by atoms with Gasteiger partial charge in [0.1, 0.15) is 5.75 Å². The highest BCUT2D eigenvalue weighted by atomic mass is 35.5. The average molecular weight is 303 g/mol. The molecule has 1 aromatic rings. The summed E-state index contributed by atoms with van der Waals surface area (Å²) in [6.45, 7) is 1.92. The van der Waals surface area contributed by atoms with E-state index in [-0.39, 0.29) is 30.1 Å². The number of carbonyl (C=O) groups excluding carboxylic acids is 1. The van der Waals surface area contributed by atoms with E-state index in [1.54, 1.807) is 12.1 Å². The van der Waals surface area contributed by atoms with Crippen LogP contribution < -0.4 is 10.6 Å². The van der Waals surface area contributed by atoms with Crippen molar-refractivity contribution >= 4 is 30.1 Å². The van der Waals surface area contributed by atoms with Crippen molar-refractivity contribution < 1.29 is 9.90 Å². The van der Waals surface area contributed by atoms with Crippen LogP contribution >= 0.6 is 24.2 Å². The van der Waals surface area contributed by atoms with E-state index in [4.69, 9.17) is 5.11 Å². The summed E-state index contributed by atoms with van der Waals surface area (Å²) in [7, 11) is 0. The minimum absolute atomic E-state index is 0. The first-order valence-electron chi connectivity index (χ1n) is 6.16. The first-order valence-corrected chi connectivity index (χ1v) is 7.14. The zero-order valence-electron chi connectivity index (χ0n) is 10.6. The predicted molar refractivity (Wildman–Crippen MR) is 80.1 cm³/mol. The van der Waals surface area contributed by atoms with E-state index in [1.807, 2.05) is 12.1 Å². The second kappa shape index (κ2) is 8.30. The quantitative estimate of drug-likeness (QED) is 0.742. The molecule has 1 aromatic carbocycles. The van der Waals surface area contributed by atoms with Crippen molar-refractivity contribution in [3.8, 4) is 5.75 Å². The molecule has 1 saturated heterocycles. The first-order chi connectivity index (χ1) is 8.74. The number of carbonyl (C=O) groups is 1. The third-order valence-electron chi connectivity index (χ3n) is 2.87. The molecule has 19 heavy (non-hydrogen) atoms. The van der Waals surface area contributed by atoms with E-state index in [0.717, 1.165) is 30.8 Å². The van der Waals surface area contributed by atoms with E-state index in [1.165, 1.54) is 11.8 Å². The summed E-state index contributed by atoms with van der Waals surface area (Å²) in [4.78, 5) is 12.7. The summed E-state index contributed by atoms with van der Waals surface area (Å²) in [5.74, 6) is 0.736. The standard InChI is InChI=1S/C13H18N2O2S.ClH/c16-11-3-5-12(6-4-11)18-9-13(17)15-10-2-1-7-14-8-10;/h3-6,10,14,16H,1-2,7-9H2,(H,15,17);1H/t10-;/m0./s1. The minimum Gasteiger partial charge on any atom is -0.508 e. The van der Waals surface area contributed by atoms with Crippen molar-refractivity contribution in [1.29, 1.82) is 0 Å². The van der Waals surface area contributed by atoms with Crippen LogP contribution in [0, 0.1) is 0 Å². The van der Waals surface area contributed by atoms with Crippen LogP contribution in [0.4, 0.5) is 0 Å². The highest BCUT2D eigenvalue weighted by molar-refractivity contribution is 8.00. The third-order valence-corrected chi connectivity index (χ3v) is 3.88. The molecule has 1 heterocycles. The fraction of sp³-hybridized carbons (Fsp3) is 0.462. The van der Waals surface area contributed by atoms with Crippen LogP contribution in [-0.2, 0) is 4.79 Å². The molecule has 1 atom stereocenters. The van der Waals surface area contributed by atoms with Gasteiger partial charge in [0.05, 0.1) is 5.75 Å². The summed E-state index contributed by atoms with van der Waals surface area (Å²) in [6, 6.07) is 7.16. The Bertz CT molecular complexity index is 394. The van der Waals surface area contributed by atoms with Crippen molar-refractivity contribution in [2.75, 3.05) is 18.8 Å². The Balaban J connectivity index is 0.00000180. The second-order valence-electron chi connectivity index (χ2n) is 4.39. The average Bonchev–Trinajstić information content (AvgIpc) is 2.39. The number of aromatic hydroxyl groups is 1. The number of benzene rings is 1. The lowest BCUT2D eigenvalue weighted by atomic mass is 10.1. The van der Waals surface area contributed by atoms with E-state index in [0.29, 0.717) is 5.75 Å². The van der Waals surface area contributed by atoms with Gasteiger partial charge in [0.15, 0.2) is 0 Å². The number of phenols is 1. The number of rotatable bonds is 4. The molecule has 2 rings (SSSR count). The van der Waals surface area contributed by atoms with Crippen LogP contribution in [-0.4, -0.2) is 35.9 Å². The summed E-state index contributed by atoms with van der Waals surface area (Å²) < 4.78 is 0. The Labute approximate surface area is 123 Å². The second-order valence-corrected chi connectivity index (χ2v) is 5.44. The van der Waals surface area contributed by atoms with Gasteiger partial charge >= 0.3 is 0 Å². The number of hydrogen-bond donors (Lipinski definition) is 3. The van der Waals surface area contributed by atoms with Gasteiger partial charge in [0.2, 0.25) is 5.91 Å². The summed E-state index contributed by atoms with van der Waals surface area (Å²) in [6.07, 6.45) is 2.18. The lowest BCUT2D eigenvalue weighted by Gasteiger charge is -2.23. The SMILES string of the molecule is Cl.O=C(CSc1ccc(O)cc1)N[C@H]1CCCNC1. The van der Waals surface area contributed by atoms with Crippen molar-refractivity contribution in [3.63, 3.8) is 0 Å². The number of piperidine rings is 1. The summed E-state index contributed by atoms with van der Waals surface area (Å²) in [5.41, 5.74) is 0. The molecule has 4 nitrogen and oxygen atoms in total. The minimum atomic E-state index is 0. The van der Waals surface area contributed by atoms with Gasteiger partial charge in [-0.05, 0) is 43.7 Å². The fourth-order valence-electron chi connectivity index (χ4n) is 1.94. The molecule has 1 amide bonds. The van der Waals surface area contributed by atoms with E-state index < -0.39 is 0 Å². The molecule has 106 valence electrons. The van der Waals surface area contributed by atoms with Crippen molar-refractivity contribution in [1.82, 2.24) is 10.6 Å². The molecule has 0 unspecified atom stereocenters. The number of thioether (sulfide) groups is 1. The largest absolute Gasteiger partial charge is 0.508 e. The van der Waals surface area contributed by atoms with Crippen LogP contribution in [0.3, 0.4) is 0 Å². The molecule has 0 spiro atoms. The lowest BCUT2D eigenvalue weighted by molar-refractivity contribution is -0.119. The zero-order valence-corrected chi connectivity index (χ0v) is 12.2. The van der Waals surface area contributed by atoms with Gasteiger partial charge in [0.25, 0.3) is 0 Å². The summed E-state index contributed by atoms with van der Waals surface area (Å²) >= 11 is 1.48. The van der Waals surface area contributed by atoms with E-state index >= 15 is 0 Å². The van der Waals surface area contributed by atoms with Crippen LogP contribution in [0.15, 0.2) is 29.2 Å². The molecule has 0 radical (unpaired) electrons. The normalized spacial score (nSPS) is 18.4. The maximum atomic E-state index is 11.7. The van der Waals surface area contributed by atoms with Crippen molar-refractivity contribution in [2.45, 2.75) is 23.8 Å². The molecule has 0 aromatic heterocycles. The van der Waals surface area contributed by atoms with Gasteiger partial charge in [0, 0.05) is 17.5 Å². The molecular formula is C13H19ClN2O2S. The summed E-state index contributed by atoms with van der Waals surface area (Å²) in [5, 5.41) is 15.5. The van der Waals surface area contributed by atoms with Gasteiger partial charge in [-0.2, -0.15) is 0 Å². The molecule has 0 aliphatic carbocycles. The highest BCUT2D eigenvalue weighted by Gasteiger charge is 2.15. The lowest BCUT2D eigenvalue weighted by Crippen LogP contribution is -2.46. The molecule has 1 fully saturated rings. The van der Waals surface area contributed by atoms with Crippen LogP contribution in [0.2, 0.25) is 0 Å². The Hall–Kier alpha value is -0.910. The van der Waals surface area contributed by atoms with E-state index in [2.05, 4.69) is 10.6 Å². The number of amides is 1. The number of halogens is 1. The van der Waals surface area contributed by atoms with Gasteiger partial charge in [-0.25, -0.2) is 0 Å². The molecular weight excluding hydrogens is 284 g/mol. The Morgan fingerprint density at radius 1 is 1.42 bits per heavy atom. The van der Waals surface area contributed by atoms with E-state index in [9.17, 15) is 4.79 Å². The Morgan fingerprint density at radius 3 is 2.79 bits per heavy atom. The fourth-order valence-corrected chi connectivity index (χ4v) is 2.65. The maximum Gasteiger partial charge on any atom is 0.230 e. The molecule has 6 heteroatoms. The molecule has 3 N–H and O–H groups in total. The Kier molecular flexibility index (Phi) is 7.05. The molecule has 1 aliphatic rings. The number of phenolic OH excluding ortho intramolecular Hbond substituents is 1. The topological polar surface area (TPSA) is 61.4 Å². The number of nitrogens with one attached hydrogen (secondary N) is 2. The van der Waals surface area contributed by atoms with Gasteiger partial charge in [-0.15, -0.1) is 24.2 Å². The Morgan fingerprint density at radius 2 is 2.16 bits per heavy atom. The van der Waals surface area contributed by atoms with Gasteiger partial charge in [-0.3, -0.25) is 4.79 Å². The van der Waals surface area contributed by atoms with Crippen molar-refractivity contribution in [2.24, 2.45) is 0 Å². The molecule has 1 aliphatic heterocycles. The molecule has 0 saturated carbocycles. The monoisotopic (exact) mass is 302 g/mol. The number of hydrogen-bond acceptors (Lipinski definition) is 4. The van der Waals surface area contributed by atoms with Crippen LogP contribution in [0.1, 0.15) is 12.8 Å². The molecule has 0 bridgehead atoms. The van der Waals surface area contributed by atoms with Crippen LogP contribution in [0.25, 0.3) is 0 Å². The zero-order chi connectivity index (χ0) is 12.8. The smallest absolute Gasteiger partial charge is 0.230 e. The van der Waals surface area contributed by atoms with Gasteiger partial charge in [-0.1, -0.05) is 0 Å². The highest BCUT2D eigenvalue weighted by Crippen LogP contribution is 2.20. The maximum absolute atomic E-state index is 11.7. The predicted octanol–water partition coefficient (Wildman–Crippen LogP) is 1.77. The van der Waals surface area contributed by atoms with Crippen molar-refractivity contribution in [3.05, 3.63) is 24.3 Å². The van der Waals surface area contributed by atoms with Gasteiger partial charge < -0.3 is 15.7 Å².